The molecule has 0 aliphatic carbocycles. The van der Waals surface area contributed by atoms with Crippen LogP contribution < -0.4 is 10.2 Å². The molecule has 1 rings (SSSR count). The summed E-state index contributed by atoms with van der Waals surface area (Å²) in [6.45, 7) is 12.3. The summed E-state index contributed by atoms with van der Waals surface area (Å²) in [6.07, 6.45) is 0. The lowest BCUT2D eigenvalue weighted by Crippen LogP contribution is -2.29. The van der Waals surface area contributed by atoms with E-state index in [9.17, 15) is 0 Å². The number of hydrogen-bond acceptors (Lipinski definition) is 2. The molecule has 0 atom stereocenters. The van der Waals surface area contributed by atoms with Crippen molar-refractivity contribution < 1.29 is 0 Å². The van der Waals surface area contributed by atoms with Gasteiger partial charge in [0.25, 0.3) is 0 Å². The zero-order valence-electron chi connectivity index (χ0n) is 11.5. The monoisotopic (exact) mass is 232 g/mol. The molecule has 0 aromatic heterocycles. The second kappa shape index (κ2) is 6.45. The van der Waals surface area contributed by atoms with Gasteiger partial charge in [-0.2, -0.15) is 0 Å². The average Bonchev–Trinajstić information content (AvgIpc) is 2.26. The third-order valence-corrected chi connectivity index (χ3v) is 2.75. The Morgan fingerprint density at radius 2 is 2.00 bits per heavy atom. The van der Waals surface area contributed by atoms with Crippen LogP contribution in [0.25, 0.3) is 0 Å². The maximum Gasteiger partial charge on any atom is 0.0396 e. The van der Waals surface area contributed by atoms with E-state index in [1.165, 1.54) is 16.8 Å². The number of aryl methyl sites for hydroxylation is 1. The van der Waals surface area contributed by atoms with Crippen LogP contribution in [-0.2, 0) is 0 Å². The van der Waals surface area contributed by atoms with Crippen LogP contribution in [0.4, 0.5) is 5.69 Å². The molecule has 2 heteroatoms. The Balaban J connectivity index is 2.52. The van der Waals surface area contributed by atoms with Crippen molar-refractivity contribution in [2.45, 2.75) is 26.8 Å². The maximum absolute atomic E-state index is 4.12. The van der Waals surface area contributed by atoms with Crippen LogP contribution in [0.15, 0.2) is 36.4 Å². The second-order valence-electron chi connectivity index (χ2n) is 4.93. The summed E-state index contributed by atoms with van der Waals surface area (Å²) in [6, 6.07) is 8.95. The molecule has 1 N–H and O–H groups in total. The minimum Gasteiger partial charge on any atom is -0.370 e. The minimum atomic E-state index is 0.510. The predicted molar refractivity (Wildman–Crippen MR) is 76.7 cm³/mol. The Morgan fingerprint density at radius 3 is 2.59 bits per heavy atom. The molecule has 1 aromatic carbocycles. The summed E-state index contributed by atoms with van der Waals surface area (Å²) in [5.41, 5.74) is 3.79. The summed E-state index contributed by atoms with van der Waals surface area (Å²) in [5, 5.41) is 3.39. The summed E-state index contributed by atoms with van der Waals surface area (Å²) >= 11 is 0. The molecule has 0 saturated heterocycles. The van der Waals surface area contributed by atoms with Crippen molar-refractivity contribution in [2.24, 2.45) is 0 Å². The fourth-order valence-electron chi connectivity index (χ4n) is 1.82. The van der Waals surface area contributed by atoms with Gasteiger partial charge in [-0.25, -0.2) is 0 Å². The Hall–Kier alpha value is -1.28. The molecule has 17 heavy (non-hydrogen) atoms. The zero-order chi connectivity index (χ0) is 12.8. The molecule has 0 amide bonds. The maximum atomic E-state index is 4.12. The molecule has 0 saturated carbocycles. The predicted octanol–water partition coefficient (Wildman–Crippen LogP) is 2.99. The Morgan fingerprint density at radius 1 is 1.35 bits per heavy atom. The van der Waals surface area contributed by atoms with Crippen LogP contribution in [0.2, 0.25) is 0 Å². The molecule has 2 nitrogen and oxygen atoms in total. The number of nitrogens with one attached hydrogen (secondary N) is 1. The minimum absolute atomic E-state index is 0.510. The number of benzene rings is 1. The number of rotatable bonds is 6. The summed E-state index contributed by atoms with van der Waals surface area (Å²) in [7, 11) is 2.11. The van der Waals surface area contributed by atoms with Gasteiger partial charge in [-0.05, 0) is 24.1 Å². The number of nitrogens with zero attached hydrogens (tertiary/aromatic N) is 1. The van der Waals surface area contributed by atoms with Gasteiger partial charge in [0.15, 0.2) is 0 Å². The Kier molecular flexibility index (Phi) is 5.23. The molecule has 0 radical (unpaired) electrons. The first-order valence-electron chi connectivity index (χ1n) is 6.17. The SMILES string of the molecule is C=C(CNC(C)C)CN(C)c1ccccc1C. The van der Waals surface area contributed by atoms with Crippen molar-refractivity contribution in [2.75, 3.05) is 25.0 Å². The van der Waals surface area contributed by atoms with E-state index < -0.39 is 0 Å². The van der Waals surface area contributed by atoms with Crippen LogP contribution >= 0.6 is 0 Å². The first kappa shape index (κ1) is 13.8. The highest BCUT2D eigenvalue weighted by molar-refractivity contribution is 5.53. The van der Waals surface area contributed by atoms with Crippen molar-refractivity contribution in [1.82, 2.24) is 5.32 Å². The number of para-hydroxylation sites is 1. The highest BCUT2D eigenvalue weighted by Gasteiger charge is 2.05. The lowest BCUT2D eigenvalue weighted by Gasteiger charge is -2.23. The van der Waals surface area contributed by atoms with E-state index in [0.717, 1.165) is 13.1 Å². The molecule has 0 heterocycles. The highest BCUT2D eigenvalue weighted by Crippen LogP contribution is 2.18. The van der Waals surface area contributed by atoms with Gasteiger partial charge in [-0.1, -0.05) is 38.6 Å². The average molecular weight is 232 g/mol. The first-order valence-corrected chi connectivity index (χ1v) is 6.17. The van der Waals surface area contributed by atoms with Crippen LogP contribution in [0.1, 0.15) is 19.4 Å². The van der Waals surface area contributed by atoms with Crippen molar-refractivity contribution in [3.63, 3.8) is 0 Å². The zero-order valence-corrected chi connectivity index (χ0v) is 11.5. The van der Waals surface area contributed by atoms with E-state index in [4.69, 9.17) is 0 Å². The molecule has 0 fully saturated rings. The second-order valence-corrected chi connectivity index (χ2v) is 4.93. The third kappa shape index (κ3) is 4.61. The van der Waals surface area contributed by atoms with Gasteiger partial charge >= 0.3 is 0 Å². The summed E-state index contributed by atoms with van der Waals surface area (Å²) in [4.78, 5) is 2.25. The molecule has 0 spiro atoms. The van der Waals surface area contributed by atoms with Gasteiger partial charge in [0.2, 0.25) is 0 Å². The number of anilines is 1. The van der Waals surface area contributed by atoms with Gasteiger partial charge in [-0.3, -0.25) is 0 Å². The van der Waals surface area contributed by atoms with E-state index in [1.807, 2.05) is 0 Å². The smallest absolute Gasteiger partial charge is 0.0396 e. The fraction of sp³-hybridized carbons (Fsp3) is 0.467. The van der Waals surface area contributed by atoms with Gasteiger partial charge in [-0.15, -0.1) is 0 Å². The molecule has 0 unspecified atom stereocenters. The van der Waals surface area contributed by atoms with Crippen LogP contribution in [0.5, 0.6) is 0 Å². The van der Waals surface area contributed by atoms with E-state index in [2.05, 4.69) is 68.9 Å². The molecule has 0 aliphatic rings. The summed E-state index contributed by atoms with van der Waals surface area (Å²) in [5.74, 6) is 0. The summed E-state index contributed by atoms with van der Waals surface area (Å²) < 4.78 is 0. The molecule has 1 aromatic rings. The molecular formula is C15H24N2. The van der Waals surface area contributed by atoms with Crippen LogP contribution in [0.3, 0.4) is 0 Å². The first-order chi connectivity index (χ1) is 8.00. The van der Waals surface area contributed by atoms with E-state index in [-0.39, 0.29) is 0 Å². The molecule has 0 aliphatic heterocycles. The Labute approximate surface area is 105 Å². The lowest BCUT2D eigenvalue weighted by atomic mass is 10.1. The molecule has 0 bridgehead atoms. The van der Waals surface area contributed by atoms with Gasteiger partial charge in [0.1, 0.15) is 0 Å². The van der Waals surface area contributed by atoms with Crippen molar-refractivity contribution in [1.29, 1.82) is 0 Å². The van der Waals surface area contributed by atoms with Crippen molar-refractivity contribution >= 4 is 5.69 Å². The normalized spacial score (nSPS) is 10.6. The highest BCUT2D eigenvalue weighted by atomic mass is 15.1. The number of hydrogen-bond donors (Lipinski definition) is 1. The van der Waals surface area contributed by atoms with Crippen LogP contribution in [-0.4, -0.2) is 26.2 Å². The molecule has 94 valence electrons. The van der Waals surface area contributed by atoms with Crippen molar-refractivity contribution in [3.05, 3.63) is 42.0 Å². The topological polar surface area (TPSA) is 15.3 Å². The van der Waals surface area contributed by atoms with Gasteiger partial charge in [0.05, 0.1) is 0 Å². The third-order valence-electron chi connectivity index (χ3n) is 2.75. The molecular weight excluding hydrogens is 208 g/mol. The van der Waals surface area contributed by atoms with E-state index in [1.54, 1.807) is 0 Å². The van der Waals surface area contributed by atoms with E-state index >= 15 is 0 Å². The van der Waals surface area contributed by atoms with E-state index in [0.29, 0.717) is 6.04 Å². The largest absolute Gasteiger partial charge is 0.370 e. The Bertz CT molecular complexity index is 369. The number of likely N-dealkylation sites (N-methyl/N-ethyl adjacent to an activating group) is 1. The van der Waals surface area contributed by atoms with Crippen molar-refractivity contribution in [3.8, 4) is 0 Å². The fourth-order valence-corrected chi connectivity index (χ4v) is 1.82. The van der Waals surface area contributed by atoms with Gasteiger partial charge in [0, 0.05) is 31.9 Å². The quantitative estimate of drug-likeness (QED) is 0.759. The van der Waals surface area contributed by atoms with Crippen LogP contribution in [0, 0.1) is 6.92 Å². The van der Waals surface area contributed by atoms with Gasteiger partial charge < -0.3 is 10.2 Å². The standard InChI is InChI=1S/C15H24N2/c1-12(2)16-10-13(3)11-17(5)15-9-7-6-8-14(15)4/h6-9,12,16H,3,10-11H2,1-2,4-5H3. The lowest BCUT2D eigenvalue weighted by molar-refractivity contribution is 0.617.